The fraction of sp³-hybridized carbons (Fsp3) is 0.312. The molecule has 1 aromatic carbocycles. The molecule has 1 N–H and O–H groups in total. The maximum Gasteiger partial charge on any atom is 0.244 e. The van der Waals surface area contributed by atoms with E-state index in [9.17, 15) is 4.79 Å². The molecule has 0 saturated carbocycles. The zero-order valence-electron chi connectivity index (χ0n) is 12.3. The molecule has 2 aliphatic rings. The molecular weight excluding hydrogens is 280 g/mol. The number of carbonyl (C=O) groups is 1. The SMILES string of the molecule is COc1ccc2c(c1)NC(=O)CN2c1ncnc2c1CCC2. The highest BCUT2D eigenvalue weighted by Gasteiger charge is 2.28. The number of nitrogens with one attached hydrogen (secondary N) is 1. The molecule has 2 heterocycles. The van der Waals surface area contributed by atoms with E-state index >= 15 is 0 Å². The number of amides is 1. The Bertz CT molecular complexity index is 760. The van der Waals surface area contributed by atoms with Gasteiger partial charge in [0.1, 0.15) is 24.4 Å². The molecule has 0 bridgehead atoms. The lowest BCUT2D eigenvalue weighted by molar-refractivity contribution is -0.115. The second-order valence-corrected chi connectivity index (χ2v) is 5.49. The summed E-state index contributed by atoms with van der Waals surface area (Å²) in [6.45, 7) is 0.267. The number of ether oxygens (including phenoxy) is 1. The van der Waals surface area contributed by atoms with E-state index in [1.54, 1.807) is 13.4 Å². The lowest BCUT2D eigenvalue weighted by atomic mass is 10.1. The molecule has 2 aromatic rings. The van der Waals surface area contributed by atoms with Crippen molar-refractivity contribution in [2.24, 2.45) is 0 Å². The molecular formula is C16H16N4O2. The second kappa shape index (κ2) is 4.98. The molecule has 1 aromatic heterocycles. The van der Waals surface area contributed by atoms with Crippen molar-refractivity contribution in [3.8, 4) is 5.75 Å². The van der Waals surface area contributed by atoms with E-state index in [-0.39, 0.29) is 12.5 Å². The van der Waals surface area contributed by atoms with Crippen LogP contribution in [0.1, 0.15) is 17.7 Å². The number of methoxy groups -OCH3 is 1. The van der Waals surface area contributed by atoms with Crippen LogP contribution in [0.4, 0.5) is 17.2 Å². The number of aromatic nitrogens is 2. The lowest BCUT2D eigenvalue weighted by Crippen LogP contribution is -2.36. The van der Waals surface area contributed by atoms with Crippen LogP contribution in [0.3, 0.4) is 0 Å². The number of hydrogen-bond acceptors (Lipinski definition) is 5. The Hall–Kier alpha value is -2.63. The summed E-state index contributed by atoms with van der Waals surface area (Å²) in [6.07, 6.45) is 4.64. The molecule has 0 unspecified atom stereocenters. The summed E-state index contributed by atoms with van der Waals surface area (Å²) in [7, 11) is 1.61. The zero-order chi connectivity index (χ0) is 15.1. The van der Waals surface area contributed by atoms with Gasteiger partial charge in [0.05, 0.1) is 18.5 Å². The van der Waals surface area contributed by atoms with E-state index in [0.717, 1.165) is 42.1 Å². The van der Waals surface area contributed by atoms with Crippen molar-refractivity contribution in [1.29, 1.82) is 0 Å². The first kappa shape index (κ1) is 13.1. The first-order valence-corrected chi connectivity index (χ1v) is 7.34. The third-order valence-electron chi connectivity index (χ3n) is 4.18. The topological polar surface area (TPSA) is 67.3 Å². The number of nitrogens with zero attached hydrogens (tertiary/aromatic N) is 3. The Morgan fingerprint density at radius 3 is 3.05 bits per heavy atom. The molecule has 1 aliphatic carbocycles. The molecule has 0 spiro atoms. The third kappa shape index (κ3) is 1.99. The molecule has 0 saturated heterocycles. The van der Waals surface area contributed by atoms with Gasteiger partial charge in [-0.15, -0.1) is 0 Å². The Balaban J connectivity index is 1.84. The fourth-order valence-electron chi connectivity index (χ4n) is 3.16. The number of fused-ring (bicyclic) bond motifs is 2. The molecule has 0 radical (unpaired) electrons. The van der Waals surface area contributed by atoms with Crippen molar-refractivity contribution in [3.05, 3.63) is 35.8 Å². The third-order valence-corrected chi connectivity index (χ3v) is 4.18. The van der Waals surface area contributed by atoms with Gasteiger partial charge in [0, 0.05) is 17.3 Å². The molecule has 0 fully saturated rings. The molecule has 6 heteroatoms. The van der Waals surface area contributed by atoms with Crippen LogP contribution in [0.2, 0.25) is 0 Å². The molecule has 112 valence electrons. The number of carbonyl (C=O) groups excluding carboxylic acids is 1. The summed E-state index contributed by atoms with van der Waals surface area (Å²) >= 11 is 0. The van der Waals surface area contributed by atoms with Crippen molar-refractivity contribution >= 4 is 23.1 Å². The van der Waals surface area contributed by atoms with Crippen LogP contribution in [0.25, 0.3) is 0 Å². The van der Waals surface area contributed by atoms with Crippen LogP contribution >= 0.6 is 0 Å². The van der Waals surface area contributed by atoms with Gasteiger partial charge in [-0.3, -0.25) is 4.79 Å². The summed E-state index contributed by atoms with van der Waals surface area (Å²) in [6, 6.07) is 5.68. The Morgan fingerprint density at radius 1 is 1.27 bits per heavy atom. The standard InChI is InChI=1S/C16H16N4O2/c1-22-10-5-6-14-13(7-10)19-15(21)8-20(14)16-11-3-2-4-12(11)17-9-18-16/h5-7,9H,2-4,8H2,1H3,(H,19,21). The highest BCUT2D eigenvalue weighted by Crippen LogP contribution is 2.39. The van der Waals surface area contributed by atoms with Crippen LogP contribution in [0.15, 0.2) is 24.5 Å². The summed E-state index contributed by atoms with van der Waals surface area (Å²) < 4.78 is 5.24. The minimum absolute atomic E-state index is 0.0499. The first-order chi connectivity index (χ1) is 10.8. The quantitative estimate of drug-likeness (QED) is 0.919. The molecule has 1 aliphatic heterocycles. The van der Waals surface area contributed by atoms with Gasteiger partial charge in [-0.25, -0.2) is 9.97 Å². The second-order valence-electron chi connectivity index (χ2n) is 5.49. The van der Waals surface area contributed by atoms with E-state index in [2.05, 4.69) is 15.3 Å². The highest BCUT2D eigenvalue weighted by molar-refractivity contribution is 6.03. The van der Waals surface area contributed by atoms with E-state index < -0.39 is 0 Å². The Morgan fingerprint density at radius 2 is 2.18 bits per heavy atom. The van der Waals surface area contributed by atoms with Gasteiger partial charge < -0.3 is 15.0 Å². The van der Waals surface area contributed by atoms with Crippen molar-refractivity contribution in [3.63, 3.8) is 0 Å². The van der Waals surface area contributed by atoms with E-state index in [0.29, 0.717) is 5.75 Å². The zero-order valence-corrected chi connectivity index (χ0v) is 12.3. The lowest BCUT2D eigenvalue weighted by Gasteiger charge is -2.31. The number of aryl methyl sites for hydroxylation is 1. The summed E-state index contributed by atoms with van der Waals surface area (Å²) in [4.78, 5) is 22.9. The van der Waals surface area contributed by atoms with Crippen LogP contribution in [-0.4, -0.2) is 29.5 Å². The van der Waals surface area contributed by atoms with Crippen LogP contribution in [0, 0.1) is 0 Å². The first-order valence-electron chi connectivity index (χ1n) is 7.34. The molecule has 6 nitrogen and oxygen atoms in total. The molecule has 22 heavy (non-hydrogen) atoms. The number of benzene rings is 1. The van der Waals surface area contributed by atoms with Crippen LogP contribution in [0.5, 0.6) is 5.75 Å². The van der Waals surface area contributed by atoms with Gasteiger partial charge >= 0.3 is 0 Å². The van der Waals surface area contributed by atoms with E-state index in [4.69, 9.17) is 4.74 Å². The van der Waals surface area contributed by atoms with E-state index in [1.807, 2.05) is 23.1 Å². The van der Waals surface area contributed by atoms with Gasteiger partial charge in [-0.2, -0.15) is 0 Å². The largest absolute Gasteiger partial charge is 0.497 e. The summed E-state index contributed by atoms with van der Waals surface area (Å²) in [5, 5.41) is 2.90. The highest BCUT2D eigenvalue weighted by atomic mass is 16.5. The summed E-state index contributed by atoms with van der Waals surface area (Å²) in [5.41, 5.74) is 3.96. The van der Waals surface area contributed by atoms with Crippen molar-refractivity contribution in [2.75, 3.05) is 23.9 Å². The minimum Gasteiger partial charge on any atom is -0.497 e. The Kier molecular flexibility index (Phi) is 2.96. The maximum absolute atomic E-state index is 12.1. The minimum atomic E-state index is -0.0499. The van der Waals surface area contributed by atoms with Gasteiger partial charge in [-0.05, 0) is 31.4 Å². The van der Waals surface area contributed by atoms with Crippen molar-refractivity contribution in [2.45, 2.75) is 19.3 Å². The van der Waals surface area contributed by atoms with Gasteiger partial charge in [0.25, 0.3) is 0 Å². The van der Waals surface area contributed by atoms with Gasteiger partial charge in [0.15, 0.2) is 0 Å². The average molecular weight is 296 g/mol. The monoisotopic (exact) mass is 296 g/mol. The van der Waals surface area contributed by atoms with Crippen molar-refractivity contribution in [1.82, 2.24) is 9.97 Å². The summed E-state index contributed by atoms with van der Waals surface area (Å²) in [5.74, 6) is 1.52. The van der Waals surface area contributed by atoms with Gasteiger partial charge in [-0.1, -0.05) is 0 Å². The predicted octanol–water partition coefficient (Wildman–Crippen LogP) is 2.06. The van der Waals surface area contributed by atoms with Gasteiger partial charge in [0.2, 0.25) is 5.91 Å². The average Bonchev–Trinajstić information content (AvgIpc) is 3.02. The molecule has 4 rings (SSSR count). The van der Waals surface area contributed by atoms with Crippen molar-refractivity contribution < 1.29 is 9.53 Å². The smallest absolute Gasteiger partial charge is 0.244 e. The van der Waals surface area contributed by atoms with Crippen LogP contribution in [-0.2, 0) is 17.6 Å². The normalized spacial score (nSPS) is 16.0. The number of hydrogen-bond donors (Lipinski definition) is 1. The predicted molar refractivity (Wildman–Crippen MR) is 82.7 cm³/mol. The molecule has 0 atom stereocenters. The number of rotatable bonds is 2. The Labute approximate surface area is 128 Å². The maximum atomic E-state index is 12.1. The molecule has 1 amide bonds. The van der Waals surface area contributed by atoms with E-state index in [1.165, 1.54) is 5.56 Å². The van der Waals surface area contributed by atoms with Crippen LogP contribution < -0.4 is 15.0 Å². The number of anilines is 3. The fourth-order valence-corrected chi connectivity index (χ4v) is 3.16.